The highest BCUT2D eigenvalue weighted by Crippen LogP contribution is 2.52. The summed E-state index contributed by atoms with van der Waals surface area (Å²) in [6, 6.07) is 36.1. The van der Waals surface area contributed by atoms with E-state index in [0.717, 1.165) is 24.2 Å². The number of rotatable bonds is 4. The van der Waals surface area contributed by atoms with Crippen molar-refractivity contribution in [3.63, 3.8) is 0 Å². The zero-order valence-electron chi connectivity index (χ0n) is 19.5. The van der Waals surface area contributed by atoms with Gasteiger partial charge in [0.1, 0.15) is 0 Å². The second-order valence-electron chi connectivity index (χ2n) is 9.10. The van der Waals surface area contributed by atoms with Crippen LogP contribution in [-0.2, 0) is 12.3 Å². The van der Waals surface area contributed by atoms with Crippen LogP contribution in [0.2, 0.25) is 0 Å². The first-order valence-corrected chi connectivity index (χ1v) is 14.0. The lowest BCUT2D eigenvalue weighted by atomic mass is 9.88. The van der Waals surface area contributed by atoms with Gasteiger partial charge in [0.05, 0.1) is 0 Å². The SMILES string of the molecule is O=C(NCCP1Cc2ccc3ccccc3c2-c2c(ccc3ccccc23)C1)Nc1ccccc1. The molecule has 35 heavy (non-hydrogen) atoms. The Bertz CT molecular complexity index is 1440. The zero-order valence-corrected chi connectivity index (χ0v) is 20.4. The molecule has 0 fully saturated rings. The third-order valence-corrected chi connectivity index (χ3v) is 9.25. The minimum atomic E-state index is -0.315. The Morgan fingerprint density at radius 3 is 1.80 bits per heavy atom. The van der Waals surface area contributed by atoms with E-state index in [4.69, 9.17) is 0 Å². The molecule has 0 saturated heterocycles. The monoisotopic (exact) mass is 474 g/mol. The van der Waals surface area contributed by atoms with E-state index in [0.29, 0.717) is 6.54 Å². The number of urea groups is 1. The fourth-order valence-corrected chi connectivity index (χ4v) is 7.55. The second-order valence-corrected chi connectivity index (χ2v) is 11.5. The van der Waals surface area contributed by atoms with Gasteiger partial charge in [-0.2, -0.15) is 0 Å². The molecule has 6 rings (SSSR count). The first kappa shape index (κ1) is 21.8. The van der Waals surface area contributed by atoms with Crippen molar-refractivity contribution in [3.05, 3.63) is 114 Å². The van der Waals surface area contributed by atoms with Crippen molar-refractivity contribution in [2.45, 2.75) is 12.3 Å². The summed E-state index contributed by atoms with van der Waals surface area (Å²) in [6.07, 6.45) is 3.14. The molecular formula is C31H27N2OP. The van der Waals surface area contributed by atoms with Crippen molar-refractivity contribution in [2.24, 2.45) is 0 Å². The number of nitrogens with one attached hydrogen (secondary N) is 2. The minimum Gasteiger partial charge on any atom is -0.338 e. The molecule has 0 aromatic heterocycles. The first-order chi connectivity index (χ1) is 17.3. The predicted octanol–water partition coefficient (Wildman–Crippen LogP) is 7.98. The van der Waals surface area contributed by atoms with Crippen LogP contribution in [0.4, 0.5) is 10.5 Å². The van der Waals surface area contributed by atoms with Gasteiger partial charge >= 0.3 is 6.03 Å². The molecule has 5 aromatic carbocycles. The molecule has 1 aliphatic rings. The molecule has 172 valence electrons. The normalized spacial score (nSPS) is 13.1. The lowest BCUT2D eigenvalue weighted by Gasteiger charge is -2.17. The summed E-state index contributed by atoms with van der Waals surface area (Å²) < 4.78 is 0. The molecule has 2 amide bonds. The number of amides is 2. The molecule has 3 nitrogen and oxygen atoms in total. The molecule has 0 saturated carbocycles. The highest BCUT2D eigenvalue weighted by atomic mass is 31.1. The summed E-state index contributed by atoms with van der Waals surface area (Å²) in [4.78, 5) is 12.4. The molecule has 1 heterocycles. The number of hydrogen-bond donors (Lipinski definition) is 2. The molecule has 1 aliphatic heterocycles. The lowest BCUT2D eigenvalue weighted by molar-refractivity contribution is 0.252. The van der Waals surface area contributed by atoms with Gasteiger partial charge in [-0.05, 0) is 74.4 Å². The Hall–Kier alpha value is -3.68. The van der Waals surface area contributed by atoms with Crippen LogP contribution in [-0.4, -0.2) is 18.7 Å². The number of carbonyl (C=O) groups is 1. The average molecular weight is 475 g/mol. The molecule has 0 aliphatic carbocycles. The molecule has 5 aromatic rings. The topological polar surface area (TPSA) is 41.1 Å². The van der Waals surface area contributed by atoms with Crippen LogP contribution in [0.1, 0.15) is 11.1 Å². The van der Waals surface area contributed by atoms with Crippen molar-refractivity contribution in [1.82, 2.24) is 5.32 Å². The Kier molecular flexibility index (Phi) is 5.94. The van der Waals surface area contributed by atoms with E-state index in [9.17, 15) is 4.79 Å². The number of carbonyl (C=O) groups excluding carboxylic acids is 1. The van der Waals surface area contributed by atoms with E-state index in [-0.39, 0.29) is 14.0 Å². The molecule has 0 radical (unpaired) electrons. The van der Waals surface area contributed by atoms with E-state index in [2.05, 4.69) is 83.4 Å². The van der Waals surface area contributed by atoms with Crippen LogP contribution in [0.15, 0.2) is 103 Å². The number of benzene rings is 5. The van der Waals surface area contributed by atoms with Crippen LogP contribution in [0.5, 0.6) is 0 Å². The standard InChI is InChI=1S/C31H27N2OP/c34-31(33-26-10-2-1-3-11-26)32-18-19-35-20-24-16-14-22-8-4-6-12-27(22)29(24)30-25(21-35)17-15-23-9-5-7-13-28(23)30/h1-17H,18-21H2,(H2,32,33,34). The van der Waals surface area contributed by atoms with Crippen LogP contribution < -0.4 is 10.6 Å². The van der Waals surface area contributed by atoms with Gasteiger partial charge in [0.25, 0.3) is 0 Å². The van der Waals surface area contributed by atoms with Gasteiger partial charge in [0.2, 0.25) is 0 Å². The van der Waals surface area contributed by atoms with Crippen LogP contribution in [0, 0.1) is 0 Å². The van der Waals surface area contributed by atoms with Crippen molar-refractivity contribution in [2.75, 3.05) is 18.0 Å². The summed E-state index contributed by atoms with van der Waals surface area (Å²) in [5.41, 5.74) is 6.47. The minimum absolute atomic E-state index is 0.140. The van der Waals surface area contributed by atoms with Crippen molar-refractivity contribution in [1.29, 1.82) is 0 Å². The van der Waals surface area contributed by atoms with Gasteiger partial charge in [-0.25, -0.2) is 4.79 Å². The maximum atomic E-state index is 12.4. The van der Waals surface area contributed by atoms with Crippen LogP contribution in [0.3, 0.4) is 0 Å². The number of anilines is 1. The van der Waals surface area contributed by atoms with Crippen molar-refractivity contribution in [3.8, 4) is 11.1 Å². The largest absolute Gasteiger partial charge is 0.338 e. The van der Waals surface area contributed by atoms with Gasteiger partial charge in [0, 0.05) is 12.2 Å². The number of hydrogen-bond acceptors (Lipinski definition) is 1. The predicted molar refractivity (Wildman–Crippen MR) is 150 cm³/mol. The highest BCUT2D eigenvalue weighted by Gasteiger charge is 2.24. The van der Waals surface area contributed by atoms with Gasteiger partial charge in [0.15, 0.2) is 0 Å². The number of para-hydroxylation sites is 1. The Morgan fingerprint density at radius 1 is 0.657 bits per heavy atom. The molecule has 2 N–H and O–H groups in total. The molecule has 0 bridgehead atoms. The fourth-order valence-electron chi connectivity index (χ4n) is 5.21. The summed E-state index contributed by atoms with van der Waals surface area (Å²) in [6.45, 7) is 0.677. The fraction of sp³-hybridized carbons (Fsp3) is 0.129. The summed E-state index contributed by atoms with van der Waals surface area (Å²) >= 11 is 0. The van der Waals surface area contributed by atoms with E-state index in [1.807, 2.05) is 30.3 Å². The summed E-state index contributed by atoms with van der Waals surface area (Å²) in [7, 11) is -0.315. The average Bonchev–Trinajstić information content (AvgIpc) is 3.06. The van der Waals surface area contributed by atoms with Gasteiger partial charge in [-0.15, -0.1) is 0 Å². The van der Waals surface area contributed by atoms with Gasteiger partial charge in [-0.1, -0.05) is 98.9 Å². The van der Waals surface area contributed by atoms with Crippen molar-refractivity contribution >= 4 is 41.2 Å². The third-order valence-electron chi connectivity index (χ3n) is 6.81. The molecule has 4 heteroatoms. The van der Waals surface area contributed by atoms with Gasteiger partial charge < -0.3 is 10.6 Å². The summed E-state index contributed by atoms with van der Waals surface area (Å²) in [5.74, 6) is 0. The maximum Gasteiger partial charge on any atom is 0.319 e. The van der Waals surface area contributed by atoms with E-state index in [1.54, 1.807) is 0 Å². The zero-order chi connectivity index (χ0) is 23.6. The first-order valence-electron chi connectivity index (χ1n) is 12.1. The van der Waals surface area contributed by atoms with E-state index >= 15 is 0 Å². The Labute approximate surface area is 206 Å². The second kappa shape index (κ2) is 9.52. The number of fused-ring (bicyclic) bond motifs is 7. The highest BCUT2D eigenvalue weighted by molar-refractivity contribution is 7.56. The van der Waals surface area contributed by atoms with Crippen molar-refractivity contribution < 1.29 is 4.79 Å². The van der Waals surface area contributed by atoms with Crippen LogP contribution in [0.25, 0.3) is 32.7 Å². The molecule has 0 spiro atoms. The Balaban J connectivity index is 1.32. The van der Waals surface area contributed by atoms with E-state index in [1.165, 1.54) is 43.8 Å². The lowest BCUT2D eigenvalue weighted by Crippen LogP contribution is -2.30. The van der Waals surface area contributed by atoms with Crippen LogP contribution >= 0.6 is 7.92 Å². The molecular weight excluding hydrogens is 447 g/mol. The third kappa shape index (κ3) is 4.40. The van der Waals surface area contributed by atoms with E-state index < -0.39 is 0 Å². The summed E-state index contributed by atoms with van der Waals surface area (Å²) in [5, 5.41) is 11.2. The molecule has 0 unspecified atom stereocenters. The molecule has 0 atom stereocenters. The van der Waals surface area contributed by atoms with Gasteiger partial charge in [-0.3, -0.25) is 0 Å². The smallest absolute Gasteiger partial charge is 0.319 e. The quantitative estimate of drug-likeness (QED) is 0.255. The maximum absolute atomic E-state index is 12.4. The Morgan fingerprint density at radius 2 is 1.20 bits per heavy atom.